The molecule has 0 aromatic carbocycles. The molecule has 0 spiro atoms. The molecule has 2 bridgehead atoms. The minimum Gasteiger partial charge on any atom is -0.366 e. The third-order valence-electron chi connectivity index (χ3n) is 6.13. The van der Waals surface area contributed by atoms with Crippen molar-refractivity contribution in [3.63, 3.8) is 0 Å². The molecule has 4 unspecified atom stereocenters. The van der Waals surface area contributed by atoms with Crippen LogP contribution in [0.15, 0.2) is 11.6 Å². The first-order chi connectivity index (χ1) is 10.3. The first-order valence-electron chi connectivity index (χ1n) is 8.71. The van der Waals surface area contributed by atoms with E-state index >= 15 is 0 Å². The predicted molar refractivity (Wildman–Crippen MR) is 90.3 cm³/mol. The van der Waals surface area contributed by atoms with E-state index in [1.807, 2.05) is 7.05 Å². The van der Waals surface area contributed by atoms with Crippen molar-refractivity contribution in [1.82, 2.24) is 15.1 Å². The molecule has 3 nitrogen and oxygen atoms in total. The lowest BCUT2D eigenvalue weighted by molar-refractivity contribution is 0.0128. The topological polar surface area (TPSA) is 18.5 Å². The predicted octanol–water partition coefficient (Wildman–Crippen LogP) is 2.39. The standard InChI is InChI=1S/C17H27N3S/c1-18-17(21)20-8-4-5-12-9-13-10-14(16(12)20)11-19-7-3-2-6-15(13)19/h9,13-16H,2-8,10-11H2,1H3,(H,18,21). The number of piperidine rings is 3. The lowest BCUT2D eigenvalue weighted by Gasteiger charge is -2.55. The van der Waals surface area contributed by atoms with Crippen molar-refractivity contribution in [3.8, 4) is 0 Å². The first kappa shape index (κ1) is 14.0. The zero-order valence-electron chi connectivity index (χ0n) is 13.1. The van der Waals surface area contributed by atoms with E-state index in [4.69, 9.17) is 12.2 Å². The van der Waals surface area contributed by atoms with Gasteiger partial charge in [-0.3, -0.25) is 4.90 Å². The van der Waals surface area contributed by atoms with Crippen LogP contribution in [0, 0.1) is 11.8 Å². The molecule has 4 atom stereocenters. The summed E-state index contributed by atoms with van der Waals surface area (Å²) in [4.78, 5) is 5.28. The molecule has 0 aromatic heterocycles. The van der Waals surface area contributed by atoms with Gasteiger partial charge in [-0.1, -0.05) is 18.1 Å². The maximum Gasteiger partial charge on any atom is 0.169 e. The van der Waals surface area contributed by atoms with E-state index < -0.39 is 0 Å². The lowest BCUT2D eigenvalue weighted by atomic mass is 9.68. The lowest BCUT2D eigenvalue weighted by Crippen LogP contribution is -2.60. The summed E-state index contributed by atoms with van der Waals surface area (Å²) in [5.74, 6) is 1.61. The summed E-state index contributed by atoms with van der Waals surface area (Å²) in [5.41, 5.74) is 1.70. The summed E-state index contributed by atoms with van der Waals surface area (Å²) < 4.78 is 0. The van der Waals surface area contributed by atoms with Crippen molar-refractivity contribution in [2.45, 2.75) is 50.6 Å². The molecule has 3 heterocycles. The van der Waals surface area contributed by atoms with Gasteiger partial charge in [-0.15, -0.1) is 0 Å². The number of hydrogen-bond acceptors (Lipinski definition) is 2. The van der Waals surface area contributed by atoms with Crippen LogP contribution >= 0.6 is 12.2 Å². The van der Waals surface area contributed by atoms with Crippen molar-refractivity contribution < 1.29 is 0 Å². The fraction of sp³-hybridized carbons (Fsp3) is 0.824. The molecule has 3 fully saturated rings. The van der Waals surface area contributed by atoms with Crippen LogP contribution in [0.1, 0.15) is 38.5 Å². The quantitative estimate of drug-likeness (QED) is 0.547. The average molecular weight is 305 g/mol. The summed E-state index contributed by atoms with van der Waals surface area (Å²) in [6.45, 7) is 3.75. The van der Waals surface area contributed by atoms with Gasteiger partial charge in [-0.25, -0.2) is 0 Å². The summed E-state index contributed by atoms with van der Waals surface area (Å²) >= 11 is 5.58. The molecular weight excluding hydrogens is 278 g/mol. The van der Waals surface area contributed by atoms with Gasteiger partial charge in [0.2, 0.25) is 0 Å². The SMILES string of the molecule is CNC(=S)N1CCCC2=CC3CC(CN4CCCCC34)C21. The van der Waals surface area contributed by atoms with Gasteiger partial charge in [0.1, 0.15) is 0 Å². The Hall–Kier alpha value is -0.610. The number of nitrogens with zero attached hydrogens (tertiary/aromatic N) is 2. The van der Waals surface area contributed by atoms with E-state index in [-0.39, 0.29) is 0 Å². The number of thiocarbonyl (C=S) groups is 1. The van der Waals surface area contributed by atoms with Gasteiger partial charge in [-0.2, -0.15) is 0 Å². The smallest absolute Gasteiger partial charge is 0.169 e. The van der Waals surface area contributed by atoms with Gasteiger partial charge < -0.3 is 10.2 Å². The maximum absolute atomic E-state index is 5.58. The second-order valence-electron chi connectivity index (χ2n) is 7.26. The Morgan fingerprint density at radius 1 is 1.29 bits per heavy atom. The molecule has 1 aliphatic carbocycles. The molecule has 4 rings (SSSR count). The van der Waals surface area contributed by atoms with Gasteiger partial charge in [-0.05, 0) is 62.7 Å². The molecule has 0 aromatic rings. The van der Waals surface area contributed by atoms with E-state index in [2.05, 4.69) is 21.2 Å². The van der Waals surface area contributed by atoms with Crippen molar-refractivity contribution in [1.29, 1.82) is 0 Å². The fourth-order valence-electron chi connectivity index (χ4n) is 5.34. The van der Waals surface area contributed by atoms with Gasteiger partial charge in [0.15, 0.2) is 5.11 Å². The molecule has 21 heavy (non-hydrogen) atoms. The molecule has 3 aliphatic heterocycles. The first-order valence-corrected chi connectivity index (χ1v) is 9.11. The number of hydrogen-bond donors (Lipinski definition) is 1. The Labute approximate surface area is 133 Å². The van der Waals surface area contributed by atoms with Crippen LogP contribution in [-0.2, 0) is 0 Å². The van der Waals surface area contributed by atoms with Crippen LogP contribution < -0.4 is 5.32 Å². The minimum absolute atomic E-state index is 0.581. The largest absolute Gasteiger partial charge is 0.366 e. The zero-order chi connectivity index (χ0) is 14.4. The Kier molecular flexibility index (Phi) is 3.70. The second kappa shape index (κ2) is 5.54. The van der Waals surface area contributed by atoms with Gasteiger partial charge in [0, 0.05) is 26.2 Å². The van der Waals surface area contributed by atoms with Crippen LogP contribution in [0.4, 0.5) is 0 Å². The highest BCUT2D eigenvalue weighted by Gasteiger charge is 2.46. The summed E-state index contributed by atoms with van der Waals surface area (Å²) in [7, 11) is 1.97. The highest BCUT2D eigenvalue weighted by molar-refractivity contribution is 7.80. The summed E-state index contributed by atoms with van der Waals surface area (Å²) in [5, 5.41) is 4.16. The van der Waals surface area contributed by atoms with E-state index in [1.165, 1.54) is 51.6 Å². The maximum atomic E-state index is 5.58. The Bertz CT molecular complexity index is 461. The van der Waals surface area contributed by atoms with Gasteiger partial charge >= 0.3 is 0 Å². The third-order valence-corrected chi connectivity index (χ3v) is 6.57. The fourth-order valence-corrected chi connectivity index (χ4v) is 5.55. The van der Waals surface area contributed by atoms with Crippen molar-refractivity contribution in [3.05, 3.63) is 11.6 Å². The van der Waals surface area contributed by atoms with E-state index in [1.54, 1.807) is 5.57 Å². The number of rotatable bonds is 0. The highest BCUT2D eigenvalue weighted by Crippen LogP contribution is 2.44. The van der Waals surface area contributed by atoms with Gasteiger partial charge in [0.25, 0.3) is 0 Å². The molecule has 4 heteroatoms. The molecule has 4 aliphatic rings. The summed E-state index contributed by atoms with van der Waals surface area (Å²) in [6, 6.07) is 1.42. The second-order valence-corrected chi connectivity index (χ2v) is 7.64. The van der Waals surface area contributed by atoms with Crippen molar-refractivity contribution >= 4 is 17.3 Å². The van der Waals surface area contributed by atoms with Crippen molar-refractivity contribution in [2.75, 3.05) is 26.7 Å². The van der Waals surface area contributed by atoms with E-state index in [0.717, 1.165) is 29.5 Å². The molecular formula is C17H27N3S. The van der Waals surface area contributed by atoms with Crippen LogP contribution in [-0.4, -0.2) is 53.7 Å². The monoisotopic (exact) mass is 305 g/mol. The molecule has 116 valence electrons. The van der Waals surface area contributed by atoms with E-state index in [9.17, 15) is 0 Å². The van der Waals surface area contributed by atoms with Crippen molar-refractivity contribution in [2.24, 2.45) is 11.8 Å². The highest BCUT2D eigenvalue weighted by atomic mass is 32.1. The Morgan fingerprint density at radius 3 is 3.05 bits per heavy atom. The molecule has 0 radical (unpaired) electrons. The Balaban J connectivity index is 1.64. The molecule has 3 saturated heterocycles. The van der Waals surface area contributed by atoms with Gasteiger partial charge in [0.05, 0.1) is 6.04 Å². The van der Waals surface area contributed by atoms with E-state index in [0.29, 0.717) is 6.04 Å². The molecule has 1 N–H and O–H groups in total. The molecule has 0 amide bonds. The number of fused-ring (bicyclic) bond motifs is 6. The minimum atomic E-state index is 0.581. The number of nitrogens with one attached hydrogen (secondary N) is 1. The van der Waals surface area contributed by atoms with Crippen LogP contribution in [0.25, 0.3) is 0 Å². The molecule has 0 saturated carbocycles. The van der Waals surface area contributed by atoms with Crippen LogP contribution in [0.5, 0.6) is 0 Å². The third kappa shape index (κ3) is 2.31. The van der Waals surface area contributed by atoms with Crippen LogP contribution in [0.3, 0.4) is 0 Å². The number of likely N-dealkylation sites (tertiary alicyclic amines) is 1. The van der Waals surface area contributed by atoms with Crippen LogP contribution in [0.2, 0.25) is 0 Å². The Morgan fingerprint density at radius 2 is 2.19 bits per heavy atom. The zero-order valence-corrected chi connectivity index (χ0v) is 13.9. The average Bonchev–Trinajstić information content (AvgIpc) is 2.53. The summed E-state index contributed by atoms with van der Waals surface area (Å²) in [6.07, 6.45) is 10.9. The normalized spacial score (nSPS) is 39.1.